The second kappa shape index (κ2) is 8.91. The second-order valence-electron chi connectivity index (χ2n) is 5.69. The molecule has 0 heterocycles. The largest absolute Gasteiger partial charge is 0.356 e. The van der Waals surface area contributed by atoms with E-state index in [2.05, 4.69) is 15.5 Å². The van der Waals surface area contributed by atoms with E-state index in [0.29, 0.717) is 32.5 Å². The summed E-state index contributed by atoms with van der Waals surface area (Å²) in [6.45, 7) is 12.8. The Morgan fingerprint density at radius 3 is 1.95 bits per heavy atom. The Morgan fingerprint density at radius 1 is 1.00 bits per heavy atom. The van der Waals surface area contributed by atoms with Gasteiger partial charge in [-0.05, 0) is 34.2 Å². The van der Waals surface area contributed by atoms with Gasteiger partial charge in [0.05, 0.1) is 0 Å². The highest BCUT2D eigenvalue weighted by molar-refractivity contribution is 5.77. The molecule has 0 unspecified atom stereocenters. The van der Waals surface area contributed by atoms with Crippen LogP contribution in [0.4, 0.5) is 0 Å². The Hall–Kier alpha value is -1.10. The molecule has 2 N–H and O–H groups in total. The average Bonchev–Trinajstić information content (AvgIpc) is 2.27. The maximum atomic E-state index is 11.7. The average molecular weight is 271 g/mol. The van der Waals surface area contributed by atoms with E-state index in [0.717, 1.165) is 6.54 Å². The quantitative estimate of drug-likeness (QED) is 0.696. The van der Waals surface area contributed by atoms with Gasteiger partial charge >= 0.3 is 0 Å². The van der Waals surface area contributed by atoms with Crippen molar-refractivity contribution in [3.05, 3.63) is 0 Å². The maximum absolute atomic E-state index is 11.7. The van der Waals surface area contributed by atoms with Gasteiger partial charge in [-0.2, -0.15) is 0 Å². The third kappa shape index (κ3) is 10.5. The first kappa shape index (κ1) is 17.9. The molecule has 0 bridgehead atoms. The van der Waals surface area contributed by atoms with Gasteiger partial charge in [-0.15, -0.1) is 0 Å². The van der Waals surface area contributed by atoms with E-state index in [1.165, 1.54) is 0 Å². The molecule has 5 heteroatoms. The molecule has 0 aliphatic rings. The highest BCUT2D eigenvalue weighted by Gasteiger charge is 2.14. The predicted molar refractivity (Wildman–Crippen MR) is 77.9 cm³/mol. The summed E-state index contributed by atoms with van der Waals surface area (Å²) in [5, 5.41) is 5.71. The molecular formula is C14H29N3O2. The fourth-order valence-electron chi connectivity index (χ4n) is 1.71. The Labute approximate surface area is 117 Å². The first-order valence-corrected chi connectivity index (χ1v) is 7.08. The minimum absolute atomic E-state index is 0.0592. The van der Waals surface area contributed by atoms with Gasteiger partial charge in [0, 0.05) is 38.0 Å². The van der Waals surface area contributed by atoms with Gasteiger partial charge in [-0.3, -0.25) is 9.59 Å². The topological polar surface area (TPSA) is 61.4 Å². The van der Waals surface area contributed by atoms with Crippen molar-refractivity contribution < 1.29 is 9.59 Å². The summed E-state index contributed by atoms with van der Waals surface area (Å²) in [4.78, 5) is 25.2. The standard InChI is InChI=1S/C14H29N3O2/c1-6-15-12(18)8-10-17(7-2)11-9-13(19)16-14(3,4)5/h6-11H2,1-5H3,(H,15,18)(H,16,19). The van der Waals surface area contributed by atoms with Crippen molar-refractivity contribution in [3.63, 3.8) is 0 Å². The van der Waals surface area contributed by atoms with Crippen LogP contribution in [0.2, 0.25) is 0 Å². The minimum atomic E-state index is -0.185. The SMILES string of the molecule is CCNC(=O)CCN(CC)CCC(=O)NC(C)(C)C. The summed E-state index contributed by atoms with van der Waals surface area (Å²) in [6.07, 6.45) is 0.961. The van der Waals surface area contributed by atoms with E-state index in [1.807, 2.05) is 34.6 Å². The molecule has 0 aromatic heterocycles. The van der Waals surface area contributed by atoms with Gasteiger partial charge in [0.1, 0.15) is 0 Å². The first-order valence-electron chi connectivity index (χ1n) is 7.08. The van der Waals surface area contributed by atoms with Gasteiger partial charge in [0.15, 0.2) is 0 Å². The molecule has 0 saturated heterocycles. The van der Waals surface area contributed by atoms with E-state index in [-0.39, 0.29) is 17.4 Å². The van der Waals surface area contributed by atoms with E-state index in [9.17, 15) is 9.59 Å². The summed E-state index contributed by atoms with van der Waals surface area (Å²) < 4.78 is 0. The van der Waals surface area contributed by atoms with Crippen molar-refractivity contribution in [2.75, 3.05) is 26.2 Å². The van der Waals surface area contributed by atoms with Crippen LogP contribution in [-0.4, -0.2) is 48.4 Å². The summed E-state index contributed by atoms with van der Waals surface area (Å²) in [6, 6.07) is 0. The Balaban J connectivity index is 3.93. The summed E-state index contributed by atoms with van der Waals surface area (Å²) >= 11 is 0. The molecule has 0 saturated carbocycles. The number of hydrogen-bond acceptors (Lipinski definition) is 3. The number of carbonyl (C=O) groups is 2. The molecular weight excluding hydrogens is 242 g/mol. The summed E-state index contributed by atoms with van der Waals surface area (Å²) in [7, 11) is 0. The lowest BCUT2D eigenvalue weighted by Crippen LogP contribution is -2.42. The van der Waals surface area contributed by atoms with Crippen molar-refractivity contribution in [2.45, 2.75) is 53.0 Å². The van der Waals surface area contributed by atoms with E-state index >= 15 is 0 Å². The van der Waals surface area contributed by atoms with Crippen LogP contribution in [0.1, 0.15) is 47.5 Å². The molecule has 0 aromatic carbocycles. The molecule has 0 atom stereocenters. The normalized spacial score (nSPS) is 11.5. The first-order chi connectivity index (χ1) is 8.78. The van der Waals surface area contributed by atoms with Gasteiger partial charge in [-0.25, -0.2) is 0 Å². The molecule has 0 aliphatic carbocycles. The third-order valence-corrected chi connectivity index (χ3v) is 2.65. The van der Waals surface area contributed by atoms with E-state index in [1.54, 1.807) is 0 Å². The molecule has 0 fully saturated rings. The van der Waals surface area contributed by atoms with Crippen LogP contribution < -0.4 is 10.6 Å². The lowest BCUT2D eigenvalue weighted by Gasteiger charge is -2.23. The number of rotatable bonds is 8. The zero-order valence-corrected chi connectivity index (χ0v) is 13.0. The fourth-order valence-corrected chi connectivity index (χ4v) is 1.71. The van der Waals surface area contributed by atoms with Crippen molar-refractivity contribution in [3.8, 4) is 0 Å². The van der Waals surface area contributed by atoms with Gasteiger partial charge in [-0.1, -0.05) is 6.92 Å². The van der Waals surface area contributed by atoms with Crippen LogP contribution in [0.5, 0.6) is 0 Å². The predicted octanol–water partition coefficient (Wildman–Crippen LogP) is 1.14. The molecule has 0 aliphatic heterocycles. The molecule has 0 radical (unpaired) electrons. The van der Waals surface area contributed by atoms with Gasteiger partial charge < -0.3 is 15.5 Å². The number of nitrogens with one attached hydrogen (secondary N) is 2. The highest BCUT2D eigenvalue weighted by Crippen LogP contribution is 2.00. The smallest absolute Gasteiger partial charge is 0.221 e. The number of carbonyl (C=O) groups excluding carboxylic acids is 2. The number of nitrogens with zero attached hydrogens (tertiary/aromatic N) is 1. The number of hydrogen-bond donors (Lipinski definition) is 2. The Morgan fingerprint density at radius 2 is 1.53 bits per heavy atom. The maximum Gasteiger partial charge on any atom is 0.221 e. The lowest BCUT2D eigenvalue weighted by molar-refractivity contribution is -0.122. The molecule has 19 heavy (non-hydrogen) atoms. The second-order valence-corrected chi connectivity index (χ2v) is 5.69. The van der Waals surface area contributed by atoms with Crippen LogP contribution in [0.25, 0.3) is 0 Å². The minimum Gasteiger partial charge on any atom is -0.356 e. The number of amides is 2. The van der Waals surface area contributed by atoms with Crippen molar-refractivity contribution in [1.29, 1.82) is 0 Å². The molecule has 0 spiro atoms. The fraction of sp³-hybridized carbons (Fsp3) is 0.857. The van der Waals surface area contributed by atoms with Crippen LogP contribution in [0, 0.1) is 0 Å². The molecule has 0 rings (SSSR count). The van der Waals surface area contributed by atoms with Crippen LogP contribution >= 0.6 is 0 Å². The van der Waals surface area contributed by atoms with Crippen molar-refractivity contribution in [1.82, 2.24) is 15.5 Å². The summed E-state index contributed by atoms with van der Waals surface area (Å²) in [5.74, 6) is 0.129. The van der Waals surface area contributed by atoms with Crippen molar-refractivity contribution >= 4 is 11.8 Å². The van der Waals surface area contributed by atoms with E-state index in [4.69, 9.17) is 0 Å². The van der Waals surface area contributed by atoms with Crippen LogP contribution in [0.3, 0.4) is 0 Å². The van der Waals surface area contributed by atoms with Gasteiger partial charge in [0.2, 0.25) is 11.8 Å². The monoisotopic (exact) mass is 271 g/mol. The zero-order chi connectivity index (χ0) is 14.9. The Kier molecular flexibility index (Phi) is 8.39. The molecule has 2 amide bonds. The van der Waals surface area contributed by atoms with Crippen molar-refractivity contribution in [2.24, 2.45) is 0 Å². The lowest BCUT2D eigenvalue weighted by atomic mass is 10.1. The van der Waals surface area contributed by atoms with Crippen LogP contribution in [-0.2, 0) is 9.59 Å². The van der Waals surface area contributed by atoms with Gasteiger partial charge in [0.25, 0.3) is 0 Å². The highest BCUT2D eigenvalue weighted by atomic mass is 16.2. The molecule has 5 nitrogen and oxygen atoms in total. The summed E-state index contributed by atoms with van der Waals surface area (Å²) in [5.41, 5.74) is -0.185. The van der Waals surface area contributed by atoms with Crippen LogP contribution in [0.15, 0.2) is 0 Å². The van der Waals surface area contributed by atoms with E-state index < -0.39 is 0 Å². The Bertz CT molecular complexity index is 285. The molecule has 112 valence electrons. The zero-order valence-electron chi connectivity index (χ0n) is 13.0. The molecule has 0 aromatic rings. The third-order valence-electron chi connectivity index (χ3n) is 2.65.